The molecule has 0 bridgehead atoms. The summed E-state index contributed by atoms with van der Waals surface area (Å²) < 4.78 is 28.2. The lowest BCUT2D eigenvalue weighted by atomic mass is 10.1. The molecule has 0 radical (unpaired) electrons. The van der Waals surface area contributed by atoms with E-state index in [1.165, 1.54) is 44.6 Å². The zero-order valence-electron chi connectivity index (χ0n) is 13.0. The number of ketones is 1. The van der Waals surface area contributed by atoms with E-state index in [1.54, 1.807) is 0 Å². The zero-order chi connectivity index (χ0) is 17.7. The van der Waals surface area contributed by atoms with Crippen LogP contribution in [-0.4, -0.2) is 32.6 Å². The highest BCUT2D eigenvalue weighted by Crippen LogP contribution is 2.36. The first kappa shape index (κ1) is 17.7. The van der Waals surface area contributed by atoms with E-state index in [0.29, 0.717) is 0 Å². The lowest BCUT2D eigenvalue weighted by Gasteiger charge is -2.11. The third-order valence-electron chi connectivity index (χ3n) is 3.15. The maximum Gasteiger partial charge on any atom is 0.338 e. The summed E-state index contributed by atoms with van der Waals surface area (Å²) in [6.45, 7) is -0.520. The number of benzene rings is 2. The SMILES string of the molecule is COc1cc(C(=O)OCC(=O)c2cccc(F)c2)cc(Cl)c1OC. The second kappa shape index (κ2) is 7.79. The number of esters is 1. The lowest BCUT2D eigenvalue weighted by molar-refractivity contribution is 0.0474. The van der Waals surface area contributed by atoms with Crippen molar-refractivity contribution in [3.05, 3.63) is 58.4 Å². The van der Waals surface area contributed by atoms with E-state index in [9.17, 15) is 14.0 Å². The van der Waals surface area contributed by atoms with Crippen LogP contribution in [0, 0.1) is 5.82 Å². The van der Waals surface area contributed by atoms with Crippen LogP contribution in [0.5, 0.6) is 11.5 Å². The Balaban J connectivity index is 2.10. The molecule has 0 unspecified atom stereocenters. The predicted molar refractivity (Wildman–Crippen MR) is 85.6 cm³/mol. The Hall–Kier alpha value is -2.60. The molecule has 5 nitrogen and oxygen atoms in total. The molecule has 0 heterocycles. The molecule has 0 fully saturated rings. The Bertz CT molecular complexity index is 776. The van der Waals surface area contributed by atoms with Gasteiger partial charge in [0, 0.05) is 5.56 Å². The molecule has 126 valence electrons. The van der Waals surface area contributed by atoms with Gasteiger partial charge in [-0.1, -0.05) is 23.7 Å². The fourth-order valence-electron chi connectivity index (χ4n) is 2.00. The van der Waals surface area contributed by atoms with Crippen molar-refractivity contribution in [2.75, 3.05) is 20.8 Å². The first-order valence-corrected chi connectivity index (χ1v) is 7.21. The van der Waals surface area contributed by atoms with Crippen molar-refractivity contribution in [2.45, 2.75) is 0 Å². The number of carbonyl (C=O) groups excluding carboxylic acids is 2. The lowest BCUT2D eigenvalue weighted by Crippen LogP contribution is -2.14. The summed E-state index contributed by atoms with van der Waals surface area (Å²) in [7, 11) is 2.82. The van der Waals surface area contributed by atoms with E-state index in [1.807, 2.05) is 0 Å². The minimum Gasteiger partial charge on any atom is -0.493 e. The van der Waals surface area contributed by atoms with Gasteiger partial charge in [0.15, 0.2) is 23.9 Å². The molecule has 2 aromatic rings. The van der Waals surface area contributed by atoms with Gasteiger partial charge in [-0.15, -0.1) is 0 Å². The van der Waals surface area contributed by atoms with Crippen molar-refractivity contribution in [1.29, 1.82) is 0 Å². The van der Waals surface area contributed by atoms with Gasteiger partial charge in [-0.3, -0.25) is 4.79 Å². The Kier molecular flexibility index (Phi) is 5.76. The molecule has 2 aromatic carbocycles. The second-order valence-electron chi connectivity index (χ2n) is 4.70. The minimum absolute atomic E-state index is 0.102. The van der Waals surface area contributed by atoms with Crippen molar-refractivity contribution in [1.82, 2.24) is 0 Å². The van der Waals surface area contributed by atoms with Gasteiger partial charge in [0.05, 0.1) is 24.8 Å². The van der Waals surface area contributed by atoms with Crippen molar-refractivity contribution < 1.29 is 28.2 Å². The fourth-order valence-corrected chi connectivity index (χ4v) is 2.28. The minimum atomic E-state index is -0.761. The topological polar surface area (TPSA) is 61.8 Å². The molecule has 0 atom stereocenters. The highest BCUT2D eigenvalue weighted by atomic mass is 35.5. The number of methoxy groups -OCH3 is 2. The van der Waals surface area contributed by atoms with E-state index in [2.05, 4.69) is 0 Å². The monoisotopic (exact) mass is 352 g/mol. The van der Waals surface area contributed by atoms with Gasteiger partial charge in [-0.05, 0) is 24.3 Å². The van der Waals surface area contributed by atoms with Crippen molar-refractivity contribution in [2.24, 2.45) is 0 Å². The normalized spacial score (nSPS) is 10.2. The maximum absolute atomic E-state index is 13.1. The molecule has 2 rings (SSSR count). The molecule has 0 aromatic heterocycles. The summed E-state index contributed by atoms with van der Waals surface area (Å²) in [5.74, 6) is -1.28. The largest absolute Gasteiger partial charge is 0.493 e. The van der Waals surface area contributed by atoms with Crippen LogP contribution in [0.1, 0.15) is 20.7 Å². The number of carbonyl (C=O) groups is 2. The van der Waals surface area contributed by atoms with Gasteiger partial charge in [-0.25, -0.2) is 9.18 Å². The molecule has 24 heavy (non-hydrogen) atoms. The molecule has 0 aliphatic rings. The van der Waals surface area contributed by atoms with Crippen LogP contribution in [0.2, 0.25) is 5.02 Å². The predicted octanol–water partition coefficient (Wildman–Crippen LogP) is 3.54. The van der Waals surface area contributed by atoms with Crippen LogP contribution in [0.4, 0.5) is 4.39 Å². The molecule has 0 spiro atoms. The van der Waals surface area contributed by atoms with Crippen LogP contribution >= 0.6 is 11.6 Å². The number of Topliss-reactive ketones (excluding diaryl/α,β-unsaturated/α-hetero) is 1. The first-order valence-electron chi connectivity index (χ1n) is 6.83. The quantitative estimate of drug-likeness (QED) is 0.588. The standard InChI is InChI=1S/C17H14ClFO5/c1-22-15-8-11(7-13(18)16(15)23-2)17(21)24-9-14(20)10-4-3-5-12(19)6-10/h3-8H,9H2,1-2H3. The summed E-state index contributed by atoms with van der Waals surface area (Å²) in [6, 6.07) is 7.86. The van der Waals surface area contributed by atoms with Crippen LogP contribution in [0.15, 0.2) is 36.4 Å². The molecule has 0 aliphatic heterocycles. The molecular formula is C17H14ClFO5. The number of hydrogen-bond donors (Lipinski definition) is 0. The summed E-state index contributed by atoms with van der Waals surface area (Å²) in [5.41, 5.74) is 0.220. The summed E-state index contributed by atoms with van der Waals surface area (Å²) in [6.07, 6.45) is 0. The van der Waals surface area contributed by atoms with Crippen molar-refractivity contribution in [3.63, 3.8) is 0 Å². The fraction of sp³-hybridized carbons (Fsp3) is 0.176. The van der Waals surface area contributed by atoms with E-state index in [4.69, 9.17) is 25.8 Å². The Labute approximate surface area is 142 Å². The number of ether oxygens (including phenoxy) is 3. The highest BCUT2D eigenvalue weighted by Gasteiger charge is 2.17. The second-order valence-corrected chi connectivity index (χ2v) is 5.11. The maximum atomic E-state index is 13.1. The van der Waals surface area contributed by atoms with E-state index < -0.39 is 24.2 Å². The molecular weight excluding hydrogens is 339 g/mol. The number of hydrogen-bond acceptors (Lipinski definition) is 5. The smallest absolute Gasteiger partial charge is 0.338 e. The van der Waals surface area contributed by atoms with Gasteiger partial charge in [-0.2, -0.15) is 0 Å². The van der Waals surface area contributed by atoms with Gasteiger partial charge < -0.3 is 14.2 Å². The van der Waals surface area contributed by atoms with Crippen LogP contribution in [-0.2, 0) is 4.74 Å². The van der Waals surface area contributed by atoms with Crippen LogP contribution in [0.25, 0.3) is 0 Å². The van der Waals surface area contributed by atoms with E-state index >= 15 is 0 Å². The van der Waals surface area contributed by atoms with Crippen molar-refractivity contribution in [3.8, 4) is 11.5 Å². The average molecular weight is 353 g/mol. The zero-order valence-corrected chi connectivity index (χ0v) is 13.7. The van der Waals surface area contributed by atoms with E-state index in [0.717, 1.165) is 6.07 Å². The van der Waals surface area contributed by atoms with Crippen LogP contribution < -0.4 is 9.47 Å². The first-order chi connectivity index (χ1) is 11.5. The molecule has 7 heteroatoms. The van der Waals surface area contributed by atoms with E-state index in [-0.39, 0.29) is 27.6 Å². The Morgan fingerprint density at radius 3 is 2.46 bits per heavy atom. The summed E-state index contributed by atoms with van der Waals surface area (Å²) in [5, 5.41) is 0.167. The third-order valence-corrected chi connectivity index (χ3v) is 3.43. The molecule has 0 N–H and O–H groups in total. The Morgan fingerprint density at radius 2 is 1.83 bits per heavy atom. The third kappa shape index (κ3) is 4.02. The molecule has 0 aliphatic carbocycles. The number of halogens is 2. The van der Waals surface area contributed by atoms with Gasteiger partial charge >= 0.3 is 5.97 Å². The van der Waals surface area contributed by atoms with Gasteiger partial charge in [0.1, 0.15) is 5.82 Å². The van der Waals surface area contributed by atoms with Crippen molar-refractivity contribution >= 4 is 23.4 Å². The molecule has 0 amide bonds. The highest BCUT2D eigenvalue weighted by molar-refractivity contribution is 6.32. The molecule has 0 saturated heterocycles. The Morgan fingerprint density at radius 1 is 1.08 bits per heavy atom. The van der Waals surface area contributed by atoms with Gasteiger partial charge in [0.2, 0.25) is 0 Å². The van der Waals surface area contributed by atoms with Gasteiger partial charge in [0.25, 0.3) is 0 Å². The average Bonchev–Trinajstić information content (AvgIpc) is 2.58. The van der Waals surface area contributed by atoms with Crippen LogP contribution in [0.3, 0.4) is 0 Å². The molecule has 0 saturated carbocycles. The summed E-state index contributed by atoms with van der Waals surface area (Å²) in [4.78, 5) is 24.0. The number of rotatable bonds is 6. The summed E-state index contributed by atoms with van der Waals surface area (Å²) >= 11 is 6.01.